The summed E-state index contributed by atoms with van der Waals surface area (Å²) in [5.41, 5.74) is 2.97. The van der Waals surface area contributed by atoms with Crippen molar-refractivity contribution in [3.63, 3.8) is 0 Å². The Labute approximate surface area is 182 Å². The highest BCUT2D eigenvalue weighted by Gasteiger charge is 2.23. The first kappa shape index (κ1) is 20.8. The molecule has 1 aromatic carbocycles. The van der Waals surface area contributed by atoms with Crippen molar-refractivity contribution >= 4 is 11.7 Å². The van der Waals surface area contributed by atoms with Gasteiger partial charge < -0.3 is 14.5 Å². The molecule has 1 aliphatic heterocycles. The number of carbonyl (C=O) groups excluding carboxylic acids is 1. The number of carbonyl (C=O) groups is 1. The van der Waals surface area contributed by atoms with Crippen LogP contribution in [0.1, 0.15) is 22.8 Å². The van der Waals surface area contributed by atoms with Crippen molar-refractivity contribution in [3.05, 3.63) is 59.4 Å². The highest BCUT2D eigenvalue weighted by molar-refractivity contribution is 5.79. The lowest BCUT2D eigenvalue weighted by Gasteiger charge is -2.35. The molecule has 0 saturated carbocycles. The molecule has 0 N–H and O–H groups in total. The molecular formula is C23H28N6O2. The Morgan fingerprint density at radius 1 is 1.03 bits per heavy atom. The Balaban J connectivity index is 1.44. The fourth-order valence-electron chi connectivity index (χ4n) is 3.86. The van der Waals surface area contributed by atoms with E-state index in [9.17, 15) is 4.79 Å². The molecule has 162 valence electrons. The maximum absolute atomic E-state index is 12.8. The fourth-order valence-corrected chi connectivity index (χ4v) is 3.86. The molecule has 1 amide bonds. The molecule has 1 aliphatic rings. The minimum atomic E-state index is 0.119. The van der Waals surface area contributed by atoms with E-state index in [1.54, 1.807) is 13.4 Å². The summed E-state index contributed by atoms with van der Waals surface area (Å²) in [6.45, 7) is 8.71. The van der Waals surface area contributed by atoms with Crippen LogP contribution >= 0.6 is 0 Å². The summed E-state index contributed by atoms with van der Waals surface area (Å²) in [5.74, 6) is 3.28. The van der Waals surface area contributed by atoms with Crippen LogP contribution < -0.4 is 9.64 Å². The molecule has 0 atom stereocenters. The van der Waals surface area contributed by atoms with Crippen LogP contribution in [0.3, 0.4) is 0 Å². The number of ether oxygens (including phenoxy) is 1. The van der Waals surface area contributed by atoms with Crippen LogP contribution in [0, 0.1) is 20.8 Å². The van der Waals surface area contributed by atoms with Gasteiger partial charge >= 0.3 is 0 Å². The topological polar surface area (TPSA) is 76.4 Å². The van der Waals surface area contributed by atoms with E-state index in [1.165, 1.54) is 0 Å². The van der Waals surface area contributed by atoms with Crippen LogP contribution in [0.5, 0.6) is 5.75 Å². The lowest BCUT2D eigenvalue weighted by molar-refractivity contribution is -0.130. The molecule has 1 saturated heterocycles. The third kappa shape index (κ3) is 4.38. The average Bonchev–Trinajstić information content (AvgIpc) is 3.12. The van der Waals surface area contributed by atoms with Crippen molar-refractivity contribution in [1.29, 1.82) is 0 Å². The van der Waals surface area contributed by atoms with E-state index in [0.717, 1.165) is 47.4 Å². The minimum Gasteiger partial charge on any atom is -0.496 e. The number of nitrogens with zero attached hydrogens (tertiary/aromatic N) is 6. The quantitative estimate of drug-likeness (QED) is 0.631. The Morgan fingerprint density at radius 3 is 2.42 bits per heavy atom. The lowest BCUT2D eigenvalue weighted by Crippen LogP contribution is -2.49. The van der Waals surface area contributed by atoms with E-state index >= 15 is 0 Å². The van der Waals surface area contributed by atoms with Gasteiger partial charge in [-0.25, -0.2) is 15.0 Å². The number of anilines is 1. The van der Waals surface area contributed by atoms with Crippen LogP contribution in [-0.2, 0) is 11.2 Å². The van der Waals surface area contributed by atoms with Gasteiger partial charge in [-0.05, 0) is 26.8 Å². The van der Waals surface area contributed by atoms with Crippen LogP contribution in [0.15, 0.2) is 36.7 Å². The summed E-state index contributed by atoms with van der Waals surface area (Å²) < 4.78 is 7.36. The highest BCUT2D eigenvalue weighted by atomic mass is 16.5. The summed E-state index contributed by atoms with van der Waals surface area (Å²) in [7, 11) is 1.63. The molecule has 0 aliphatic carbocycles. The monoisotopic (exact) mass is 420 g/mol. The molecule has 0 bridgehead atoms. The van der Waals surface area contributed by atoms with Gasteiger partial charge in [0.2, 0.25) is 5.91 Å². The number of aryl methyl sites for hydroxylation is 2. The standard InChI is InChI=1S/C23H28N6O2/c1-16-17(2)29(15-24-16)22-14-21(25-18(3)26-22)27-9-11-28(12-10-27)23(30)13-19-7-5-6-8-20(19)31-4/h5-8,14-15H,9-13H2,1-4H3. The molecule has 4 rings (SSSR count). The summed E-state index contributed by atoms with van der Waals surface area (Å²) in [4.78, 5) is 30.6. The van der Waals surface area contributed by atoms with Gasteiger partial charge in [0, 0.05) is 43.5 Å². The number of methoxy groups -OCH3 is 1. The number of piperazine rings is 1. The van der Waals surface area contributed by atoms with E-state index in [-0.39, 0.29) is 5.91 Å². The molecule has 3 aromatic rings. The Hall–Kier alpha value is -3.42. The van der Waals surface area contributed by atoms with E-state index in [0.29, 0.717) is 25.3 Å². The van der Waals surface area contributed by atoms with Gasteiger partial charge in [-0.2, -0.15) is 0 Å². The predicted molar refractivity (Wildman–Crippen MR) is 119 cm³/mol. The third-order valence-electron chi connectivity index (χ3n) is 5.80. The maximum atomic E-state index is 12.8. The molecule has 0 radical (unpaired) electrons. The fraction of sp³-hybridized carbons (Fsp3) is 0.391. The maximum Gasteiger partial charge on any atom is 0.227 e. The molecule has 0 spiro atoms. The summed E-state index contributed by atoms with van der Waals surface area (Å²) in [5, 5.41) is 0. The zero-order valence-corrected chi connectivity index (χ0v) is 18.5. The number of hydrogen-bond donors (Lipinski definition) is 0. The molecule has 3 heterocycles. The first-order valence-electron chi connectivity index (χ1n) is 10.5. The largest absolute Gasteiger partial charge is 0.496 e. The van der Waals surface area contributed by atoms with Gasteiger partial charge in [0.25, 0.3) is 0 Å². The lowest BCUT2D eigenvalue weighted by atomic mass is 10.1. The Morgan fingerprint density at radius 2 is 1.74 bits per heavy atom. The molecule has 1 fully saturated rings. The first-order valence-corrected chi connectivity index (χ1v) is 10.5. The van der Waals surface area contributed by atoms with Crippen molar-refractivity contribution < 1.29 is 9.53 Å². The van der Waals surface area contributed by atoms with E-state index in [2.05, 4.69) is 19.9 Å². The zero-order chi connectivity index (χ0) is 22.0. The molecule has 2 aromatic heterocycles. The number of hydrogen-bond acceptors (Lipinski definition) is 6. The van der Waals surface area contributed by atoms with Crippen LogP contribution in [-0.4, -0.2) is 63.6 Å². The smallest absolute Gasteiger partial charge is 0.227 e. The second-order valence-corrected chi connectivity index (χ2v) is 7.77. The Bertz CT molecular complexity index is 1090. The first-order chi connectivity index (χ1) is 15.0. The van der Waals surface area contributed by atoms with Gasteiger partial charge in [0.15, 0.2) is 0 Å². The number of rotatable bonds is 5. The van der Waals surface area contributed by atoms with Gasteiger partial charge in [0.1, 0.15) is 29.5 Å². The van der Waals surface area contributed by atoms with Crippen molar-refractivity contribution in [1.82, 2.24) is 24.4 Å². The molecule has 31 heavy (non-hydrogen) atoms. The number of aromatic nitrogens is 4. The van der Waals surface area contributed by atoms with Crippen LogP contribution in [0.4, 0.5) is 5.82 Å². The summed E-state index contributed by atoms with van der Waals surface area (Å²) in [6, 6.07) is 9.67. The zero-order valence-electron chi connectivity index (χ0n) is 18.5. The van der Waals surface area contributed by atoms with Crippen molar-refractivity contribution in [2.24, 2.45) is 0 Å². The van der Waals surface area contributed by atoms with Crippen molar-refractivity contribution in [2.45, 2.75) is 27.2 Å². The second-order valence-electron chi connectivity index (χ2n) is 7.77. The summed E-state index contributed by atoms with van der Waals surface area (Å²) in [6.07, 6.45) is 2.14. The highest BCUT2D eigenvalue weighted by Crippen LogP contribution is 2.21. The van der Waals surface area contributed by atoms with Gasteiger partial charge in [-0.1, -0.05) is 18.2 Å². The van der Waals surface area contributed by atoms with Crippen LogP contribution in [0.25, 0.3) is 5.82 Å². The van der Waals surface area contributed by atoms with Crippen LogP contribution in [0.2, 0.25) is 0 Å². The molecule has 8 nitrogen and oxygen atoms in total. The van der Waals surface area contributed by atoms with E-state index < -0.39 is 0 Å². The molecule has 8 heteroatoms. The minimum absolute atomic E-state index is 0.119. The number of benzene rings is 1. The number of amides is 1. The molecule has 0 unspecified atom stereocenters. The summed E-state index contributed by atoms with van der Waals surface area (Å²) >= 11 is 0. The number of para-hydroxylation sites is 1. The van der Waals surface area contributed by atoms with E-state index in [4.69, 9.17) is 4.74 Å². The Kier molecular flexibility index (Phi) is 5.88. The van der Waals surface area contributed by atoms with Crippen molar-refractivity contribution in [2.75, 3.05) is 38.2 Å². The second kappa shape index (κ2) is 8.75. The van der Waals surface area contributed by atoms with Crippen molar-refractivity contribution in [3.8, 4) is 11.6 Å². The van der Waals surface area contributed by atoms with Gasteiger partial charge in [0.05, 0.1) is 19.2 Å². The molecular weight excluding hydrogens is 392 g/mol. The normalized spacial score (nSPS) is 14.1. The van der Waals surface area contributed by atoms with Gasteiger partial charge in [-0.15, -0.1) is 0 Å². The SMILES string of the molecule is COc1ccccc1CC(=O)N1CCN(c2cc(-n3cnc(C)c3C)nc(C)n2)CC1. The van der Waals surface area contributed by atoms with E-state index in [1.807, 2.05) is 60.6 Å². The third-order valence-corrected chi connectivity index (χ3v) is 5.80. The number of imidazole rings is 1. The van der Waals surface area contributed by atoms with Gasteiger partial charge in [-0.3, -0.25) is 9.36 Å². The average molecular weight is 421 g/mol. The predicted octanol–water partition coefficient (Wildman–Crippen LogP) is 2.49.